The van der Waals surface area contributed by atoms with Gasteiger partial charge in [-0.3, -0.25) is 0 Å². The Kier molecular flexibility index (Phi) is 2.63. The van der Waals surface area contributed by atoms with Crippen molar-refractivity contribution in [3.63, 3.8) is 0 Å². The zero-order valence-corrected chi connectivity index (χ0v) is 13.5. The molecule has 5 rings (SSSR count). The van der Waals surface area contributed by atoms with Crippen molar-refractivity contribution in [1.82, 2.24) is 0 Å². The Morgan fingerprint density at radius 3 is 2.57 bits per heavy atom. The van der Waals surface area contributed by atoms with E-state index in [2.05, 4.69) is 30.3 Å². The van der Waals surface area contributed by atoms with Gasteiger partial charge in [-0.25, -0.2) is 0 Å². The quantitative estimate of drug-likeness (QED) is 0.356. The van der Waals surface area contributed by atoms with E-state index in [0.717, 1.165) is 16.7 Å². The molecule has 4 heteroatoms. The molecule has 0 aliphatic rings. The van der Waals surface area contributed by atoms with Crippen molar-refractivity contribution in [2.75, 3.05) is 0 Å². The van der Waals surface area contributed by atoms with Crippen molar-refractivity contribution in [3.05, 3.63) is 60.2 Å². The van der Waals surface area contributed by atoms with Gasteiger partial charge in [0.15, 0.2) is 5.58 Å². The van der Waals surface area contributed by atoms with E-state index < -0.39 is 0 Å². The summed E-state index contributed by atoms with van der Waals surface area (Å²) in [6.45, 7) is 0. The molecule has 3 aromatic heterocycles. The Labute approximate surface area is 139 Å². The van der Waals surface area contributed by atoms with Crippen LogP contribution in [-0.2, 0) is 0 Å². The summed E-state index contributed by atoms with van der Waals surface area (Å²) in [4.78, 5) is 1.17. The van der Waals surface area contributed by atoms with Crippen LogP contribution < -0.4 is 0 Å². The van der Waals surface area contributed by atoms with Crippen molar-refractivity contribution < 1.29 is 4.42 Å². The highest BCUT2D eigenvalue weighted by Crippen LogP contribution is 2.45. The average molecular weight is 331 g/mol. The zero-order valence-electron chi connectivity index (χ0n) is 11.9. The molecule has 0 fully saturated rings. The topological polar surface area (TPSA) is 36.9 Å². The first-order valence-electron chi connectivity index (χ1n) is 7.17. The number of thiophene rings is 2. The van der Waals surface area contributed by atoms with Crippen molar-refractivity contribution in [1.29, 1.82) is 5.26 Å². The number of hydrogen-bond acceptors (Lipinski definition) is 4. The fourth-order valence-corrected chi connectivity index (χ4v) is 5.19. The van der Waals surface area contributed by atoms with Gasteiger partial charge in [0.05, 0.1) is 21.0 Å². The van der Waals surface area contributed by atoms with Gasteiger partial charge < -0.3 is 4.42 Å². The zero-order chi connectivity index (χ0) is 15.4. The van der Waals surface area contributed by atoms with E-state index in [1.165, 1.54) is 24.4 Å². The maximum Gasteiger partial charge on any atom is 0.154 e. The number of nitriles is 1. The summed E-state index contributed by atoms with van der Waals surface area (Å²) >= 11 is 3.54. The van der Waals surface area contributed by atoms with Gasteiger partial charge in [-0.2, -0.15) is 5.26 Å². The van der Waals surface area contributed by atoms with Gasteiger partial charge in [0.1, 0.15) is 5.58 Å². The summed E-state index contributed by atoms with van der Waals surface area (Å²) < 4.78 is 9.82. The summed E-state index contributed by atoms with van der Waals surface area (Å²) in [5.74, 6) is 0. The highest BCUT2D eigenvalue weighted by molar-refractivity contribution is 7.32. The third kappa shape index (κ3) is 1.84. The molecule has 3 heterocycles. The minimum absolute atomic E-state index is 0.681. The predicted molar refractivity (Wildman–Crippen MR) is 97.1 cm³/mol. The van der Waals surface area contributed by atoms with E-state index in [0.29, 0.717) is 5.56 Å². The van der Waals surface area contributed by atoms with Crippen LogP contribution >= 0.6 is 22.7 Å². The monoisotopic (exact) mass is 331 g/mol. The molecule has 0 saturated carbocycles. The molecule has 108 valence electrons. The lowest BCUT2D eigenvalue weighted by Gasteiger charge is -1.96. The number of benzene rings is 2. The summed E-state index contributed by atoms with van der Waals surface area (Å²) in [6.07, 6.45) is 0. The molecule has 0 aliphatic carbocycles. The van der Waals surface area contributed by atoms with Gasteiger partial charge >= 0.3 is 0 Å². The minimum atomic E-state index is 0.681. The third-order valence-electron chi connectivity index (χ3n) is 3.96. The van der Waals surface area contributed by atoms with Crippen LogP contribution in [0.5, 0.6) is 0 Å². The van der Waals surface area contributed by atoms with Gasteiger partial charge in [0.25, 0.3) is 0 Å². The molecule has 5 aromatic rings. The molecule has 23 heavy (non-hydrogen) atoms. The van der Waals surface area contributed by atoms with Crippen LogP contribution in [0.2, 0.25) is 0 Å². The van der Waals surface area contributed by atoms with E-state index in [1.807, 2.05) is 30.3 Å². The van der Waals surface area contributed by atoms with E-state index in [9.17, 15) is 0 Å². The second-order valence-corrected chi connectivity index (χ2v) is 7.46. The van der Waals surface area contributed by atoms with Gasteiger partial charge in [-0.15, -0.1) is 22.7 Å². The molecule has 0 radical (unpaired) electrons. The highest BCUT2D eigenvalue weighted by atomic mass is 32.1. The van der Waals surface area contributed by atoms with Crippen molar-refractivity contribution in [2.24, 2.45) is 0 Å². The Morgan fingerprint density at radius 1 is 0.913 bits per heavy atom. The SMILES string of the molecule is N#Cc1ccc(-c2cc3oc4c5ccccc5sc4c3s2)cc1. The van der Waals surface area contributed by atoms with Crippen LogP contribution in [0.4, 0.5) is 0 Å². The second kappa shape index (κ2) is 4.69. The third-order valence-corrected chi connectivity index (χ3v) is 6.45. The molecule has 0 spiro atoms. The van der Waals surface area contributed by atoms with Crippen LogP contribution in [-0.4, -0.2) is 0 Å². The van der Waals surface area contributed by atoms with E-state index >= 15 is 0 Å². The van der Waals surface area contributed by atoms with Crippen LogP contribution in [0.1, 0.15) is 5.56 Å². The Hall–Kier alpha value is -2.61. The summed E-state index contributed by atoms with van der Waals surface area (Å²) in [7, 11) is 0. The Morgan fingerprint density at radius 2 is 1.74 bits per heavy atom. The summed E-state index contributed by atoms with van der Waals surface area (Å²) in [6, 6.07) is 20.3. The van der Waals surface area contributed by atoms with Crippen molar-refractivity contribution in [2.45, 2.75) is 0 Å². The maximum absolute atomic E-state index is 8.91. The lowest BCUT2D eigenvalue weighted by Crippen LogP contribution is -1.74. The lowest BCUT2D eigenvalue weighted by molar-refractivity contribution is 0.674. The molecular weight excluding hydrogens is 322 g/mol. The highest BCUT2D eigenvalue weighted by Gasteiger charge is 2.16. The predicted octanol–water partition coefficient (Wildman–Crippen LogP) is 6.40. The average Bonchev–Trinajstić information content (AvgIpc) is 3.24. The standard InChI is InChI=1S/C19H9NOS2/c20-10-11-5-7-12(8-6-11)16-9-14-18(23-16)19-17(21-14)13-3-1-2-4-15(13)22-19/h1-9H. The molecule has 0 saturated heterocycles. The minimum Gasteiger partial charge on any atom is -0.454 e. The molecule has 0 N–H and O–H groups in total. The number of hydrogen-bond donors (Lipinski definition) is 0. The molecule has 0 amide bonds. The van der Waals surface area contributed by atoms with Gasteiger partial charge in [-0.05, 0) is 29.8 Å². The Bertz CT molecular complexity index is 1220. The molecular formula is C19H9NOS2. The van der Waals surface area contributed by atoms with Crippen molar-refractivity contribution in [3.8, 4) is 16.5 Å². The molecule has 0 aliphatic heterocycles. The number of rotatable bonds is 1. The van der Waals surface area contributed by atoms with E-state index in [4.69, 9.17) is 9.68 Å². The summed E-state index contributed by atoms with van der Waals surface area (Å²) in [5, 5.41) is 10.1. The van der Waals surface area contributed by atoms with Crippen LogP contribution in [0.25, 0.3) is 41.1 Å². The molecule has 0 unspecified atom stereocenters. The molecule has 0 atom stereocenters. The Balaban J connectivity index is 1.73. The first-order chi connectivity index (χ1) is 11.3. The normalized spacial score (nSPS) is 11.4. The first-order valence-corrected chi connectivity index (χ1v) is 8.81. The van der Waals surface area contributed by atoms with Gasteiger partial charge in [0.2, 0.25) is 0 Å². The van der Waals surface area contributed by atoms with Crippen molar-refractivity contribution >= 4 is 53.3 Å². The van der Waals surface area contributed by atoms with Gasteiger partial charge in [0, 0.05) is 21.0 Å². The fraction of sp³-hybridized carbons (Fsp3) is 0. The lowest BCUT2D eigenvalue weighted by atomic mass is 10.1. The smallest absolute Gasteiger partial charge is 0.154 e. The molecule has 2 nitrogen and oxygen atoms in total. The van der Waals surface area contributed by atoms with E-state index in [1.54, 1.807) is 22.7 Å². The number of furan rings is 1. The fourth-order valence-electron chi connectivity index (χ4n) is 2.84. The van der Waals surface area contributed by atoms with Crippen LogP contribution in [0, 0.1) is 11.3 Å². The molecule has 0 bridgehead atoms. The number of fused-ring (bicyclic) bond motifs is 5. The molecule has 2 aromatic carbocycles. The largest absolute Gasteiger partial charge is 0.454 e. The second-order valence-electron chi connectivity index (χ2n) is 5.35. The summed E-state index contributed by atoms with van der Waals surface area (Å²) in [5.41, 5.74) is 3.75. The first kappa shape index (κ1) is 12.9. The van der Waals surface area contributed by atoms with Crippen LogP contribution in [0.3, 0.4) is 0 Å². The maximum atomic E-state index is 8.91. The number of nitrogens with zero attached hydrogens (tertiary/aromatic N) is 1. The van der Waals surface area contributed by atoms with E-state index in [-0.39, 0.29) is 0 Å². The van der Waals surface area contributed by atoms with Crippen LogP contribution in [0.15, 0.2) is 59.0 Å². The van der Waals surface area contributed by atoms with Gasteiger partial charge in [-0.1, -0.05) is 24.3 Å².